The molecular weight excluding hydrogens is 307 g/mol. The maximum atomic E-state index is 13.7. The van der Waals surface area contributed by atoms with Gasteiger partial charge < -0.3 is 4.74 Å². The van der Waals surface area contributed by atoms with Crippen LogP contribution in [-0.4, -0.2) is 38.0 Å². The Morgan fingerprint density at radius 3 is 3.00 bits per heavy atom. The van der Waals surface area contributed by atoms with Crippen LogP contribution in [0.3, 0.4) is 0 Å². The molecule has 114 valence electrons. The number of pyridine rings is 1. The third-order valence-electron chi connectivity index (χ3n) is 3.11. The van der Waals surface area contributed by atoms with E-state index in [1.807, 2.05) is 6.26 Å². The molecular formula is C14H13FN4O2S. The molecule has 0 fully saturated rings. The number of nitrogens with zero attached hydrogens (tertiary/aromatic N) is 4. The van der Waals surface area contributed by atoms with Crippen LogP contribution in [0.15, 0.2) is 35.7 Å². The van der Waals surface area contributed by atoms with Gasteiger partial charge >= 0.3 is 5.97 Å². The standard InChI is InChI=1S/C14H13FN4O2S/c1-3-21-14(20)9-8-17-19(13(9)22-2)11-5-4-10(15)12-16-6-7-18(11)12/h4-8H,3H2,1-2H3. The number of hydrogen-bond donors (Lipinski definition) is 0. The minimum absolute atomic E-state index is 0.206. The second-order valence-corrected chi connectivity index (χ2v) is 5.16. The molecule has 3 aromatic heterocycles. The summed E-state index contributed by atoms with van der Waals surface area (Å²) < 4.78 is 21.9. The van der Waals surface area contributed by atoms with Crippen molar-refractivity contribution in [2.75, 3.05) is 12.9 Å². The predicted molar refractivity (Wildman–Crippen MR) is 80.0 cm³/mol. The Bertz CT molecular complexity index is 843. The van der Waals surface area contributed by atoms with Gasteiger partial charge in [0.25, 0.3) is 0 Å². The molecule has 22 heavy (non-hydrogen) atoms. The second-order valence-electron chi connectivity index (χ2n) is 4.36. The molecule has 3 heterocycles. The molecule has 0 unspecified atom stereocenters. The predicted octanol–water partition coefficient (Wildman–Crippen LogP) is 2.56. The van der Waals surface area contributed by atoms with Crippen molar-refractivity contribution in [3.05, 3.63) is 42.1 Å². The Hall–Kier alpha value is -2.35. The second kappa shape index (κ2) is 5.80. The highest BCUT2D eigenvalue weighted by Crippen LogP contribution is 2.25. The fraction of sp³-hybridized carbons (Fsp3) is 0.214. The van der Waals surface area contributed by atoms with E-state index in [-0.39, 0.29) is 5.65 Å². The van der Waals surface area contributed by atoms with Gasteiger partial charge in [0.2, 0.25) is 0 Å². The molecule has 0 spiro atoms. The van der Waals surface area contributed by atoms with Gasteiger partial charge in [0.15, 0.2) is 11.5 Å². The molecule has 0 bridgehead atoms. The number of carbonyl (C=O) groups is 1. The number of ether oxygens (including phenoxy) is 1. The van der Waals surface area contributed by atoms with E-state index < -0.39 is 11.8 Å². The number of thioether (sulfide) groups is 1. The summed E-state index contributed by atoms with van der Waals surface area (Å²) in [4.78, 5) is 15.9. The summed E-state index contributed by atoms with van der Waals surface area (Å²) in [6, 6.07) is 2.92. The molecule has 0 amide bonds. The summed E-state index contributed by atoms with van der Waals surface area (Å²) in [6.45, 7) is 2.04. The van der Waals surface area contributed by atoms with Crippen LogP contribution in [0, 0.1) is 5.82 Å². The van der Waals surface area contributed by atoms with E-state index in [4.69, 9.17) is 4.74 Å². The van der Waals surface area contributed by atoms with Crippen molar-refractivity contribution in [2.45, 2.75) is 11.9 Å². The van der Waals surface area contributed by atoms with Crippen LogP contribution in [0.25, 0.3) is 11.5 Å². The number of fused-ring (bicyclic) bond motifs is 1. The quantitative estimate of drug-likeness (QED) is 0.546. The molecule has 0 aliphatic carbocycles. The third kappa shape index (κ3) is 2.25. The lowest BCUT2D eigenvalue weighted by molar-refractivity contribution is 0.0522. The lowest BCUT2D eigenvalue weighted by Crippen LogP contribution is -2.08. The Morgan fingerprint density at radius 1 is 1.45 bits per heavy atom. The normalized spacial score (nSPS) is 11.0. The molecule has 0 N–H and O–H groups in total. The van der Waals surface area contributed by atoms with E-state index in [1.165, 1.54) is 30.2 Å². The average molecular weight is 320 g/mol. The van der Waals surface area contributed by atoms with Crippen LogP contribution >= 0.6 is 11.8 Å². The van der Waals surface area contributed by atoms with Gasteiger partial charge in [-0.15, -0.1) is 11.8 Å². The average Bonchev–Trinajstić information content (AvgIpc) is 3.14. The van der Waals surface area contributed by atoms with Crippen molar-refractivity contribution in [2.24, 2.45) is 0 Å². The van der Waals surface area contributed by atoms with Gasteiger partial charge in [-0.3, -0.25) is 4.40 Å². The number of carbonyl (C=O) groups excluding carboxylic acids is 1. The van der Waals surface area contributed by atoms with Gasteiger partial charge in [0, 0.05) is 12.4 Å². The molecule has 0 aliphatic rings. The van der Waals surface area contributed by atoms with Crippen LogP contribution in [0.1, 0.15) is 17.3 Å². The molecule has 0 aliphatic heterocycles. The zero-order valence-corrected chi connectivity index (χ0v) is 12.8. The smallest absolute Gasteiger partial charge is 0.342 e. The highest BCUT2D eigenvalue weighted by molar-refractivity contribution is 7.98. The molecule has 0 atom stereocenters. The van der Waals surface area contributed by atoms with Crippen LogP contribution in [-0.2, 0) is 4.74 Å². The van der Waals surface area contributed by atoms with Crippen LogP contribution in [0.4, 0.5) is 4.39 Å². The van der Waals surface area contributed by atoms with Gasteiger partial charge in [-0.25, -0.2) is 18.9 Å². The van der Waals surface area contributed by atoms with E-state index in [1.54, 1.807) is 28.3 Å². The summed E-state index contributed by atoms with van der Waals surface area (Å²) in [5, 5.41) is 4.87. The van der Waals surface area contributed by atoms with Crippen molar-refractivity contribution < 1.29 is 13.9 Å². The summed E-state index contributed by atoms with van der Waals surface area (Å²) in [5.41, 5.74) is 0.588. The van der Waals surface area contributed by atoms with Crippen molar-refractivity contribution in [3.63, 3.8) is 0 Å². The number of imidazole rings is 1. The van der Waals surface area contributed by atoms with Gasteiger partial charge in [-0.05, 0) is 25.3 Å². The van der Waals surface area contributed by atoms with Gasteiger partial charge in [0.1, 0.15) is 16.4 Å². The van der Waals surface area contributed by atoms with E-state index in [0.29, 0.717) is 23.0 Å². The van der Waals surface area contributed by atoms with Crippen molar-refractivity contribution in [1.82, 2.24) is 19.2 Å². The number of hydrogen-bond acceptors (Lipinski definition) is 5. The molecule has 3 aromatic rings. The maximum Gasteiger partial charge on any atom is 0.342 e. The Labute approximate surface area is 129 Å². The first-order valence-electron chi connectivity index (χ1n) is 6.58. The summed E-state index contributed by atoms with van der Waals surface area (Å²) in [6.07, 6.45) is 6.45. The summed E-state index contributed by atoms with van der Waals surface area (Å²) in [5.74, 6) is -0.256. The number of halogens is 1. The van der Waals surface area contributed by atoms with Crippen molar-refractivity contribution >= 4 is 23.4 Å². The summed E-state index contributed by atoms with van der Waals surface area (Å²) in [7, 11) is 0. The van der Waals surface area contributed by atoms with Crippen molar-refractivity contribution in [3.8, 4) is 5.82 Å². The first-order valence-corrected chi connectivity index (χ1v) is 7.81. The van der Waals surface area contributed by atoms with E-state index >= 15 is 0 Å². The number of rotatable bonds is 4. The minimum atomic E-state index is -0.429. The van der Waals surface area contributed by atoms with Crippen LogP contribution < -0.4 is 0 Å². The molecule has 0 saturated carbocycles. The highest BCUT2D eigenvalue weighted by atomic mass is 32.2. The van der Waals surface area contributed by atoms with Crippen LogP contribution in [0.5, 0.6) is 0 Å². The zero-order valence-electron chi connectivity index (χ0n) is 12.0. The molecule has 0 aromatic carbocycles. The molecule has 3 rings (SSSR count). The first kappa shape index (κ1) is 14.6. The Morgan fingerprint density at radius 2 is 2.27 bits per heavy atom. The fourth-order valence-electron chi connectivity index (χ4n) is 2.19. The maximum absolute atomic E-state index is 13.7. The lowest BCUT2D eigenvalue weighted by atomic mass is 10.3. The number of esters is 1. The van der Waals surface area contributed by atoms with Gasteiger partial charge in [-0.2, -0.15) is 5.10 Å². The topological polar surface area (TPSA) is 61.4 Å². The molecule has 0 saturated heterocycles. The van der Waals surface area contributed by atoms with Crippen molar-refractivity contribution in [1.29, 1.82) is 0 Å². The molecule has 0 radical (unpaired) electrons. The third-order valence-corrected chi connectivity index (χ3v) is 3.89. The SMILES string of the molecule is CCOC(=O)c1cnn(-c2ccc(F)c3nccn23)c1SC. The number of aromatic nitrogens is 4. The lowest BCUT2D eigenvalue weighted by Gasteiger charge is -2.09. The first-order chi connectivity index (χ1) is 10.7. The summed E-state index contributed by atoms with van der Waals surface area (Å²) >= 11 is 1.37. The zero-order chi connectivity index (χ0) is 15.7. The van der Waals surface area contributed by atoms with Gasteiger partial charge in [-0.1, -0.05) is 0 Å². The molecule has 8 heteroatoms. The van der Waals surface area contributed by atoms with Gasteiger partial charge in [0.05, 0.1) is 12.8 Å². The van der Waals surface area contributed by atoms with E-state index in [2.05, 4.69) is 10.1 Å². The highest BCUT2D eigenvalue weighted by Gasteiger charge is 2.20. The molecule has 6 nitrogen and oxygen atoms in total. The van der Waals surface area contributed by atoms with E-state index in [9.17, 15) is 9.18 Å². The largest absolute Gasteiger partial charge is 0.462 e. The fourth-order valence-corrected chi connectivity index (χ4v) is 2.86. The Kier molecular flexibility index (Phi) is 3.84. The minimum Gasteiger partial charge on any atom is -0.462 e. The monoisotopic (exact) mass is 320 g/mol. The van der Waals surface area contributed by atoms with E-state index in [0.717, 1.165) is 0 Å². The van der Waals surface area contributed by atoms with Crippen LogP contribution in [0.2, 0.25) is 0 Å². The Balaban J connectivity index is 2.17.